The lowest BCUT2D eigenvalue weighted by atomic mass is 10.1. The Morgan fingerprint density at radius 1 is 1.10 bits per heavy atom. The molecule has 1 aromatic heterocycles. The monoisotopic (exact) mass is 267 g/mol. The number of nitrogens with zero attached hydrogens (tertiary/aromatic N) is 3. The topological polar surface area (TPSA) is 36.4 Å². The van der Waals surface area contributed by atoms with E-state index in [1.165, 1.54) is 0 Å². The molecule has 4 nitrogen and oxygen atoms in total. The van der Waals surface area contributed by atoms with Gasteiger partial charge in [-0.3, -0.25) is 4.79 Å². The van der Waals surface area contributed by atoms with E-state index < -0.39 is 0 Å². The van der Waals surface area contributed by atoms with Crippen LogP contribution in [0.4, 0.5) is 17.2 Å². The number of para-hydroxylation sites is 1. The van der Waals surface area contributed by atoms with Crippen LogP contribution < -0.4 is 9.80 Å². The fraction of sp³-hybridized carbons (Fsp3) is 0.250. The highest BCUT2D eigenvalue weighted by Gasteiger charge is 2.29. The molecular weight excluding hydrogens is 250 g/mol. The number of carbonyl (C=O) groups is 1. The summed E-state index contributed by atoms with van der Waals surface area (Å²) in [5.41, 5.74) is 3.78. The van der Waals surface area contributed by atoms with Crippen molar-refractivity contribution in [3.63, 3.8) is 0 Å². The van der Waals surface area contributed by atoms with Crippen molar-refractivity contribution in [2.45, 2.75) is 13.3 Å². The molecule has 0 bridgehead atoms. The van der Waals surface area contributed by atoms with Crippen LogP contribution in [0, 0.1) is 0 Å². The Hall–Kier alpha value is -2.36. The number of hydrogen-bond acceptors (Lipinski definition) is 3. The Labute approximate surface area is 118 Å². The van der Waals surface area contributed by atoms with Gasteiger partial charge in [-0.05, 0) is 30.2 Å². The number of carbonyl (C=O) groups excluding carboxylic acids is 1. The molecule has 1 amide bonds. The number of rotatable bonds is 1. The van der Waals surface area contributed by atoms with Gasteiger partial charge in [-0.25, -0.2) is 4.98 Å². The second-order valence-corrected chi connectivity index (χ2v) is 4.94. The lowest BCUT2D eigenvalue weighted by Gasteiger charge is -2.23. The van der Waals surface area contributed by atoms with Crippen LogP contribution in [0.2, 0.25) is 0 Å². The molecule has 0 atom stereocenters. The summed E-state index contributed by atoms with van der Waals surface area (Å²) in [6.45, 7) is 2.10. The molecule has 0 radical (unpaired) electrons. The standard InChI is InChI=1S/C16H17N3O/c1-4-11-7-5-9-13-14(11)19(3)16(20)12-8-6-10-17-15(12)18(13)2/h5-10H,4H2,1-3H3. The van der Waals surface area contributed by atoms with E-state index in [0.29, 0.717) is 11.4 Å². The molecule has 0 saturated carbocycles. The molecule has 1 aliphatic heterocycles. The molecule has 3 rings (SSSR count). The van der Waals surface area contributed by atoms with Crippen molar-refractivity contribution in [3.05, 3.63) is 47.7 Å². The Balaban J connectivity index is 2.32. The summed E-state index contributed by atoms with van der Waals surface area (Å²) in [6, 6.07) is 9.76. The molecule has 102 valence electrons. The van der Waals surface area contributed by atoms with Gasteiger partial charge in [0.15, 0.2) is 0 Å². The predicted molar refractivity (Wildman–Crippen MR) is 80.9 cm³/mol. The number of amides is 1. The van der Waals surface area contributed by atoms with Crippen LogP contribution >= 0.6 is 0 Å². The van der Waals surface area contributed by atoms with E-state index in [0.717, 1.165) is 23.4 Å². The second-order valence-electron chi connectivity index (χ2n) is 4.94. The van der Waals surface area contributed by atoms with Gasteiger partial charge in [-0.15, -0.1) is 0 Å². The van der Waals surface area contributed by atoms with Crippen molar-refractivity contribution in [3.8, 4) is 0 Å². The smallest absolute Gasteiger partial charge is 0.261 e. The maximum absolute atomic E-state index is 12.7. The number of aryl methyl sites for hydroxylation is 1. The summed E-state index contributed by atoms with van der Waals surface area (Å²) >= 11 is 0. The highest BCUT2D eigenvalue weighted by atomic mass is 16.2. The lowest BCUT2D eigenvalue weighted by molar-refractivity contribution is 0.0994. The van der Waals surface area contributed by atoms with E-state index in [2.05, 4.69) is 18.0 Å². The van der Waals surface area contributed by atoms with Crippen molar-refractivity contribution in [2.24, 2.45) is 0 Å². The molecular formula is C16H17N3O. The summed E-state index contributed by atoms with van der Waals surface area (Å²) in [4.78, 5) is 20.8. The third-order valence-electron chi connectivity index (χ3n) is 3.82. The largest absolute Gasteiger partial charge is 0.327 e. The number of pyridine rings is 1. The molecule has 2 heterocycles. The van der Waals surface area contributed by atoms with Crippen LogP contribution in [0.3, 0.4) is 0 Å². The summed E-state index contributed by atoms with van der Waals surface area (Å²) in [5.74, 6) is 0.691. The van der Waals surface area contributed by atoms with Gasteiger partial charge in [0, 0.05) is 20.3 Å². The number of hydrogen-bond donors (Lipinski definition) is 0. The molecule has 1 aromatic carbocycles. The lowest BCUT2D eigenvalue weighted by Crippen LogP contribution is -2.26. The first kappa shape index (κ1) is 12.7. The first-order valence-corrected chi connectivity index (χ1v) is 6.73. The van der Waals surface area contributed by atoms with Crippen molar-refractivity contribution < 1.29 is 4.79 Å². The van der Waals surface area contributed by atoms with Gasteiger partial charge in [0.1, 0.15) is 5.82 Å². The van der Waals surface area contributed by atoms with Crippen molar-refractivity contribution in [1.29, 1.82) is 0 Å². The molecule has 0 fully saturated rings. The zero-order chi connectivity index (χ0) is 14.3. The molecule has 1 aliphatic rings. The van der Waals surface area contributed by atoms with Gasteiger partial charge >= 0.3 is 0 Å². The van der Waals surface area contributed by atoms with Gasteiger partial charge in [-0.1, -0.05) is 19.1 Å². The summed E-state index contributed by atoms with van der Waals surface area (Å²) in [5, 5.41) is 0. The predicted octanol–water partition coefficient (Wildman–Crippen LogP) is 3.00. The average molecular weight is 267 g/mol. The maximum Gasteiger partial charge on any atom is 0.261 e. The molecule has 20 heavy (non-hydrogen) atoms. The van der Waals surface area contributed by atoms with E-state index in [9.17, 15) is 4.79 Å². The average Bonchev–Trinajstić information content (AvgIpc) is 2.58. The Kier molecular flexibility index (Phi) is 2.93. The molecule has 0 N–H and O–H groups in total. The number of anilines is 3. The summed E-state index contributed by atoms with van der Waals surface area (Å²) < 4.78 is 0. The fourth-order valence-electron chi connectivity index (χ4n) is 2.75. The molecule has 0 unspecified atom stereocenters. The molecule has 0 saturated heterocycles. The van der Waals surface area contributed by atoms with Crippen LogP contribution in [-0.4, -0.2) is 25.0 Å². The number of fused-ring (bicyclic) bond motifs is 2. The third-order valence-corrected chi connectivity index (χ3v) is 3.82. The first-order chi connectivity index (χ1) is 9.65. The van der Waals surface area contributed by atoms with Crippen LogP contribution in [0.25, 0.3) is 0 Å². The van der Waals surface area contributed by atoms with E-state index in [-0.39, 0.29) is 5.91 Å². The van der Waals surface area contributed by atoms with Crippen LogP contribution in [0.5, 0.6) is 0 Å². The Morgan fingerprint density at radius 2 is 1.90 bits per heavy atom. The first-order valence-electron chi connectivity index (χ1n) is 6.73. The maximum atomic E-state index is 12.7. The Morgan fingerprint density at radius 3 is 2.65 bits per heavy atom. The van der Waals surface area contributed by atoms with Crippen molar-refractivity contribution in [1.82, 2.24) is 4.98 Å². The quantitative estimate of drug-likeness (QED) is 0.797. The van der Waals surface area contributed by atoms with E-state index in [4.69, 9.17) is 0 Å². The fourth-order valence-corrected chi connectivity index (χ4v) is 2.75. The van der Waals surface area contributed by atoms with Gasteiger partial charge in [-0.2, -0.15) is 0 Å². The summed E-state index contributed by atoms with van der Waals surface area (Å²) in [7, 11) is 3.78. The Bertz CT molecular complexity index is 681. The second kappa shape index (κ2) is 4.63. The van der Waals surface area contributed by atoms with Gasteiger partial charge in [0.25, 0.3) is 5.91 Å². The highest BCUT2D eigenvalue weighted by molar-refractivity contribution is 6.13. The van der Waals surface area contributed by atoms with Crippen LogP contribution in [0.1, 0.15) is 22.8 Å². The number of benzene rings is 1. The SMILES string of the molecule is CCc1cccc2c1N(C)C(=O)c1cccnc1N2C. The minimum atomic E-state index is -0.0143. The highest BCUT2D eigenvalue weighted by Crippen LogP contribution is 2.40. The van der Waals surface area contributed by atoms with Gasteiger partial charge < -0.3 is 9.80 Å². The van der Waals surface area contributed by atoms with E-state index in [1.54, 1.807) is 17.2 Å². The van der Waals surface area contributed by atoms with E-state index >= 15 is 0 Å². The molecule has 4 heteroatoms. The van der Waals surface area contributed by atoms with Crippen LogP contribution in [0.15, 0.2) is 36.5 Å². The summed E-state index contributed by atoms with van der Waals surface area (Å²) in [6.07, 6.45) is 2.61. The van der Waals surface area contributed by atoms with Gasteiger partial charge in [0.2, 0.25) is 0 Å². The molecule has 2 aromatic rings. The number of aromatic nitrogens is 1. The van der Waals surface area contributed by atoms with Crippen LogP contribution in [-0.2, 0) is 6.42 Å². The normalized spacial score (nSPS) is 13.8. The molecule has 0 spiro atoms. The van der Waals surface area contributed by atoms with E-state index in [1.807, 2.05) is 37.2 Å². The minimum Gasteiger partial charge on any atom is -0.327 e. The minimum absolute atomic E-state index is 0.0143. The zero-order valence-electron chi connectivity index (χ0n) is 11.9. The third kappa shape index (κ3) is 1.68. The van der Waals surface area contributed by atoms with Crippen molar-refractivity contribution in [2.75, 3.05) is 23.9 Å². The van der Waals surface area contributed by atoms with Crippen molar-refractivity contribution >= 4 is 23.1 Å². The molecule has 0 aliphatic carbocycles. The van der Waals surface area contributed by atoms with Gasteiger partial charge in [0.05, 0.1) is 16.9 Å². The zero-order valence-corrected chi connectivity index (χ0v) is 11.9.